The standard InChI is InChI=1S/C10H20N2O2/c1-8(9(11)14)6-12-7-10(2-3-10)4-5-13/h8,12-13H,2-7H2,1H3,(H2,11,14). The first-order chi connectivity index (χ1) is 6.59. The fourth-order valence-corrected chi connectivity index (χ4v) is 1.58. The van der Waals surface area contributed by atoms with E-state index in [0.717, 1.165) is 13.0 Å². The van der Waals surface area contributed by atoms with E-state index >= 15 is 0 Å². The Morgan fingerprint density at radius 2 is 2.29 bits per heavy atom. The highest BCUT2D eigenvalue weighted by Gasteiger charge is 2.41. The molecule has 0 aromatic carbocycles. The second-order valence-corrected chi connectivity index (χ2v) is 4.41. The summed E-state index contributed by atoms with van der Waals surface area (Å²) in [6.07, 6.45) is 3.24. The Morgan fingerprint density at radius 3 is 2.71 bits per heavy atom. The number of primary amides is 1. The van der Waals surface area contributed by atoms with Crippen molar-refractivity contribution in [3.8, 4) is 0 Å². The van der Waals surface area contributed by atoms with Gasteiger partial charge in [-0.25, -0.2) is 0 Å². The van der Waals surface area contributed by atoms with Crippen LogP contribution in [0.5, 0.6) is 0 Å². The smallest absolute Gasteiger partial charge is 0.221 e. The van der Waals surface area contributed by atoms with Crippen LogP contribution in [0.15, 0.2) is 0 Å². The average Bonchev–Trinajstić information content (AvgIpc) is 2.85. The van der Waals surface area contributed by atoms with Gasteiger partial charge < -0.3 is 16.2 Å². The number of amides is 1. The largest absolute Gasteiger partial charge is 0.396 e. The number of nitrogens with two attached hydrogens (primary N) is 1. The van der Waals surface area contributed by atoms with Crippen LogP contribution in [0.2, 0.25) is 0 Å². The van der Waals surface area contributed by atoms with Crippen molar-refractivity contribution in [2.24, 2.45) is 17.1 Å². The van der Waals surface area contributed by atoms with Crippen LogP contribution in [0.3, 0.4) is 0 Å². The molecular weight excluding hydrogens is 180 g/mol. The van der Waals surface area contributed by atoms with E-state index in [1.165, 1.54) is 12.8 Å². The van der Waals surface area contributed by atoms with Gasteiger partial charge in [-0.15, -0.1) is 0 Å². The van der Waals surface area contributed by atoms with Gasteiger partial charge in [-0.3, -0.25) is 4.79 Å². The van der Waals surface area contributed by atoms with Crippen LogP contribution in [0.4, 0.5) is 0 Å². The summed E-state index contributed by atoms with van der Waals surface area (Å²) in [6.45, 7) is 3.61. The minimum Gasteiger partial charge on any atom is -0.396 e. The maximum absolute atomic E-state index is 10.7. The fourth-order valence-electron chi connectivity index (χ4n) is 1.58. The molecule has 82 valence electrons. The van der Waals surface area contributed by atoms with Gasteiger partial charge in [0.25, 0.3) is 0 Å². The van der Waals surface area contributed by atoms with Gasteiger partial charge in [0, 0.05) is 25.6 Å². The second-order valence-electron chi connectivity index (χ2n) is 4.41. The number of carbonyl (C=O) groups excluding carboxylic acids is 1. The zero-order valence-electron chi connectivity index (χ0n) is 8.75. The lowest BCUT2D eigenvalue weighted by Crippen LogP contribution is -2.34. The van der Waals surface area contributed by atoms with Gasteiger partial charge >= 0.3 is 0 Å². The van der Waals surface area contributed by atoms with Crippen molar-refractivity contribution in [3.05, 3.63) is 0 Å². The third-order valence-corrected chi connectivity index (χ3v) is 3.04. The molecule has 1 unspecified atom stereocenters. The first-order valence-electron chi connectivity index (χ1n) is 5.20. The monoisotopic (exact) mass is 200 g/mol. The summed E-state index contributed by atoms with van der Waals surface area (Å²) >= 11 is 0. The minimum absolute atomic E-state index is 0.111. The lowest BCUT2D eigenvalue weighted by molar-refractivity contribution is -0.121. The van der Waals surface area contributed by atoms with Crippen LogP contribution in [-0.4, -0.2) is 30.7 Å². The molecule has 1 rings (SSSR count). The zero-order chi connectivity index (χ0) is 10.6. The van der Waals surface area contributed by atoms with Crippen molar-refractivity contribution in [2.75, 3.05) is 19.7 Å². The summed E-state index contributed by atoms with van der Waals surface area (Å²) < 4.78 is 0. The number of rotatable bonds is 7. The first-order valence-corrected chi connectivity index (χ1v) is 5.20. The molecule has 0 bridgehead atoms. The number of aliphatic hydroxyl groups is 1. The molecule has 1 aliphatic rings. The van der Waals surface area contributed by atoms with Crippen LogP contribution in [0, 0.1) is 11.3 Å². The topological polar surface area (TPSA) is 75.3 Å². The fraction of sp³-hybridized carbons (Fsp3) is 0.900. The van der Waals surface area contributed by atoms with Gasteiger partial charge in [-0.2, -0.15) is 0 Å². The van der Waals surface area contributed by atoms with E-state index in [2.05, 4.69) is 5.32 Å². The van der Waals surface area contributed by atoms with Crippen LogP contribution < -0.4 is 11.1 Å². The highest BCUT2D eigenvalue weighted by molar-refractivity contribution is 5.76. The normalized spacial score (nSPS) is 20.4. The van der Waals surface area contributed by atoms with Crippen LogP contribution in [0.25, 0.3) is 0 Å². The molecular formula is C10H20N2O2. The predicted octanol–water partition coefficient (Wildman–Crippen LogP) is -0.140. The van der Waals surface area contributed by atoms with Crippen molar-refractivity contribution in [3.63, 3.8) is 0 Å². The first kappa shape index (κ1) is 11.5. The van der Waals surface area contributed by atoms with E-state index in [0.29, 0.717) is 12.0 Å². The van der Waals surface area contributed by atoms with E-state index in [1.54, 1.807) is 0 Å². The number of hydrogen-bond acceptors (Lipinski definition) is 3. The Hall–Kier alpha value is -0.610. The maximum Gasteiger partial charge on any atom is 0.221 e. The number of carbonyl (C=O) groups is 1. The third kappa shape index (κ3) is 3.27. The molecule has 1 atom stereocenters. The summed E-state index contributed by atoms with van der Waals surface area (Å²) in [5, 5.41) is 12.1. The Labute approximate surface area is 84.9 Å². The van der Waals surface area contributed by atoms with Crippen molar-refractivity contribution in [2.45, 2.75) is 26.2 Å². The van der Waals surface area contributed by atoms with Crippen LogP contribution in [-0.2, 0) is 4.79 Å². The molecule has 1 amide bonds. The van der Waals surface area contributed by atoms with Gasteiger partial charge in [0.15, 0.2) is 0 Å². The van der Waals surface area contributed by atoms with Gasteiger partial charge in [-0.1, -0.05) is 6.92 Å². The van der Waals surface area contributed by atoms with E-state index in [9.17, 15) is 4.79 Å². The quantitative estimate of drug-likeness (QED) is 0.535. The summed E-state index contributed by atoms with van der Waals surface area (Å²) in [4.78, 5) is 10.7. The van der Waals surface area contributed by atoms with E-state index in [1.807, 2.05) is 6.92 Å². The van der Waals surface area contributed by atoms with Crippen molar-refractivity contribution >= 4 is 5.91 Å². The predicted molar refractivity (Wildman–Crippen MR) is 54.6 cm³/mol. The number of aliphatic hydroxyl groups excluding tert-OH is 1. The summed E-state index contributed by atoms with van der Waals surface area (Å²) in [5.41, 5.74) is 5.45. The molecule has 0 radical (unpaired) electrons. The highest BCUT2D eigenvalue weighted by Crippen LogP contribution is 2.47. The molecule has 0 saturated heterocycles. The van der Waals surface area contributed by atoms with Gasteiger partial charge in [0.2, 0.25) is 5.91 Å². The van der Waals surface area contributed by atoms with E-state index < -0.39 is 0 Å². The number of hydrogen-bond donors (Lipinski definition) is 3. The third-order valence-electron chi connectivity index (χ3n) is 3.04. The molecule has 0 heterocycles. The molecule has 4 nitrogen and oxygen atoms in total. The second kappa shape index (κ2) is 4.75. The molecule has 4 heteroatoms. The van der Waals surface area contributed by atoms with Crippen LogP contribution in [0.1, 0.15) is 26.2 Å². The van der Waals surface area contributed by atoms with Crippen molar-refractivity contribution in [1.29, 1.82) is 0 Å². The molecule has 1 aliphatic carbocycles. The highest BCUT2D eigenvalue weighted by atomic mass is 16.3. The van der Waals surface area contributed by atoms with Gasteiger partial charge in [-0.05, 0) is 24.7 Å². The Morgan fingerprint density at radius 1 is 1.64 bits per heavy atom. The SMILES string of the molecule is CC(CNCC1(CCO)CC1)C(N)=O. The minimum atomic E-state index is -0.260. The molecule has 1 saturated carbocycles. The molecule has 4 N–H and O–H groups in total. The summed E-state index contributed by atoms with van der Waals surface area (Å²) in [5.74, 6) is -0.371. The zero-order valence-corrected chi connectivity index (χ0v) is 8.75. The molecule has 14 heavy (non-hydrogen) atoms. The molecule has 1 fully saturated rings. The summed E-state index contributed by atoms with van der Waals surface area (Å²) in [6, 6.07) is 0. The molecule has 0 aromatic rings. The van der Waals surface area contributed by atoms with Gasteiger partial charge in [0.1, 0.15) is 0 Å². The van der Waals surface area contributed by atoms with Crippen molar-refractivity contribution in [1.82, 2.24) is 5.32 Å². The lowest BCUT2D eigenvalue weighted by atomic mass is 10.0. The van der Waals surface area contributed by atoms with Gasteiger partial charge in [0.05, 0.1) is 0 Å². The number of nitrogens with one attached hydrogen (secondary N) is 1. The van der Waals surface area contributed by atoms with Crippen LogP contribution >= 0.6 is 0 Å². The Balaban J connectivity index is 2.12. The summed E-state index contributed by atoms with van der Waals surface area (Å²) in [7, 11) is 0. The Bertz CT molecular complexity index is 202. The Kier molecular flexibility index (Phi) is 3.89. The van der Waals surface area contributed by atoms with Crippen molar-refractivity contribution < 1.29 is 9.90 Å². The van der Waals surface area contributed by atoms with E-state index in [4.69, 9.17) is 10.8 Å². The molecule has 0 spiro atoms. The molecule has 0 aromatic heterocycles. The van der Waals surface area contributed by atoms with E-state index in [-0.39, 0.29) is 18.4 Å². The maximum atomic E-state index is 10.7. The lowest BCUT2D eigenvalue weighted by Gasteiger charge is -2.15. The molecule has 0 aliphatic heterocycles. The average molecular weight is 200 g/mol.